The van der Waals surface area contributed by atoms with Gasteiger partial charge in [-0.25, -0.2) is 0 Å². The number of furan rings is 1. The lowest BCUT2D eigenvalue weighted by Gasteiger charge is -2.09. The van der Waals surface area contributed by atoms with Crippen LogP contribution in [0, 0.1) is 0 Å². The summed E-state index contributed by atoms with van der Waals surface area (Å²) in [6.07, 6.45) is 0.357. The largest absolute Gasteiger partial charge is 0.451 e. The van der Waals surface area contributed by atoms with Gasteiger partial charge < -0.3 is 15.1 Å². The summed E-state index contributed by atoms with van der Waals surface area (Å²) >= 11 is 9.53. The van der Waals surface area contributed by atoms with Crippen molar-refractivity contribution in [3.8, 4) is 11.3 Å². The van der Waals surface area contributed by atoms with Crippen molar-refractivity contribution in [2.45, 2.75) is 13.3 Å². The Balaban J connectivity index is 1.76. The molecule has 2 N–H and O–H groups in total. The fraction of sp³-hybridized carbons (Fsp3) is 0.100. The Labute approximate surface area is 169 Å². The van der Waals surface area contributed by atoms with Crippen LogP contribution in [0.4, 0.5) is 11.4 Å². The number of amides is 2. The van der Waals surface area contributed by atoms with Crippen LogP contribution in [0.25, 0.3) is 11.3 Å². The fourth-order valence-electron chi connectivity index (χ4n) is 2.36. The fourth-order valence-corrected chi connectivity index (χ4v) is 2.79. The van der Waals surface area contributed by atoms with Crippen molar-refractivity contribution in [1.82, 2.24) is 0 Å². The lowest BCUT2D eigenvalue weighted by molar-refractivity contribution is -0.115. The number of hydrogen-bond acceptors (Lipinski definition) is 3. The molecule has 0 saturated carbocycles. The Morgan fingerprint density at radius 3 is 2.48 bits per heavy atom. The summed E-state index contributed by atoms with van der Waals surface area (Å²) in [6.45, 7) is 1.76. The minimum absolute atomic E-state index is 0.125. The van der Waals surface area contributed by atoms with E-state index in [1.165, 1.54) is 0 Å². The Kier molecular flexibility index (Phi) is 5.98. The molecule has 0 spiro atoms. The van der Waals surface area contributed by atoms with Gasteiger partial charge in [0.2, 0.25) is 5.91 Å². The molecule has 0 saturated heterocycles. The van der Waals surface area contributed by atoms with E-state index in [0.717, 1.165) is 10.0 Å². The van der Waals surface area contributed by atoms with Crippen LogP contribution in [-0.4, -0.2) is 11.8 Å². The van der Waals surface area contributed by atoms with Crippen LogP contribution in [-0.2, 0) is 4.79 Å². The Bertz CT molecular complexity index is 983. The molecular formula is C20H16BrClN2O3. The van der Waals surface area contributed by atoms with Crippen molar-refractivity contribution in [3.05, 3.63) is 69.9 Å². The van der Waals surface area contributed by atoms with E-state index in [1.807, 2.05) is 24.3 Å². The predicted molar refractivity (Wildman–Crippen MR) is 110 cm³/mol. The van der Waals surface area contributed by atoms with Crippen molar-refractivity contribution in [1.29, 1.82) is 0 Å². The highest BCUT2D eigenvalue weighted by Crippen LogP contribution is 2.28. The van der Waals surface area contributed by atoms with Gasteiger partial charge in [-0.15, -0.1) is 0 Å². The lowest BCUT2D eigenvalue weighted by Crippen LogP contribution is -2.13. The lowest BCUT2D eigenvalue weighted by atomic mass is 10.2. The van der Waals surface area contributed by atoms with Crippen LogP contribution in [0.1, 0.15) is 23.9 Å². The highest BCUT2D eigenvalue weighted by atomic mass is 79.9. The number of benzene rings is 2. The summed E-state index contributed by atoms with van der Waals surface area (Å²) in [4.78, 5) is 24.0. The van der Waals surface area contributed by atoms with Gasteiger partial charge >= 0.3 is 0 Å². The average molecular weight is 448 g/mol. The van der Waals surface area contributed by atoms with Crippen LogP contribution in [0.2, 0.25) is 5.02 Å². The first kappa shape index (κ1) is 19.2. The van der Waals surface area contributed by atoms with E-state index < -0.39 is 5.91 Å². The van der Waals surface area contributed by atoms with Gasteiger partial charge in [0.05, 0.1) is 10.7 Å². The van der Waals surface area contributed by atoms with Gasteiger partial charge in [-0.1, -0.05) is 46.6 Å². The maximum Gasteiger partial charge on any atom is 0.291 e. The van der Waals surface area contributed by atoms with Crippen molar-refractivity contribution in [2.24, 2.45) is 0 Å². The summed E-state index contributed by atoms with van der Waals surface area (Å²) in [5.41, 5.74) is 1.80. The van der Waals surface area contributed by atoms with E-state index >= 15 is 0 Å². The summed E-state index contributed by atoms with van der Waals surface area (Å²) in [5, 5.41) is 5.79. The molecule has 0 atom stereocenters. The maximum atomic E-state index is 12.5. The molecule has 5 nitrogen and oxygen atoms in total. The van der Waals surface area contributed by atoms with Gasteiger partial charge in [0.1, 0.15) is 5.76 Å². The second-order valence-electron chi connectivity index (χ2n) is 5.72. The van der Waals surface area contributed by atoms with E-state index in [2.05, 4.69) is 26.6 Å². The second kappa shape index (κ2) is 8.41. The summed E-state index contributed by atoms with van der Waals surface area (Å²) in [6, 6.07) is 15.8. The normalized spacial score (nSPS) is 10.5. The third kappa shape index (κ3) is 4.78. The molecule has 0 unspecified atom stereocenters. The molecule has 1 heterocycles. The SMILES string of the molecule is CCC(=O)Nc1ccc(Cl)c(NC(=O)c2ccc(-c3ccc(Br)cc3)o2)c1. The van der Waals surface area contributed by atoms with Crippen molar-refractivity contribution in [2.75, 3.05) is 10.6 Å². The molecule has 0 radical (unpaired) electrons. The van der Waals surface area contributed by atoms with Crippen LogP contribution >= 0.6 is 27.5 Å². The smallest absolute Gasteiger partial charge is 0.291 e. The van der Waals surface area contributed by atoms with Crippen molar-refractivity contribution >= 4 is 50.7 Å². The molecule has 1 aromatic heterocycles. The monoisotopic (exact) mass is 446 g/mol. The molecule has 2 aromatic carbocycles. The molecule has 0 aliphatic carbocycles. The molecule has 3 aromatic rings. The van der Waals surface area contributed by atoms with E-state index in [9.17, 15) is 9.59 Å². The van der Waals surface area contributed by atoms with Gasteiger partial charge in [0.25, 0.3) is 5.91 Å². The molecule has 138 valence electrons. The second-order valence-corrected chi connectivity index (χ2v) is 7.04. The first-order valence-corrected chi connectivity index (χ1v) is 9.40. The number of carbonyl (C=O) groups excluding carboxylic acids is 2. The molecule has 0 aliphatic rings. The quantitative estimate of drug-likeness (QED) is 0.506. The van der Waals surface area contributed by atoms with Crippen LogP contribution in [0.3, 0.4) is 0 Å². The molecular weight excluding hydrogens is 432 g/mol. The van der Waals surface area contributed by atoms with Crippen LogP contribution < -0.4 is 10.6 Å². The van der Waals surface area contributed by atoms with E-state index in [4.69, 9.17) is 16.0 Å². The van der Waals surface area contributed by atoms with Crippen molar-refractivity contribution in [3.63, 3.8) is 0 Å². The van der Waals surface area contributed by atoms with Crippen LogP contribution in [0.15, 0.2) is 63.5 Å². The maximum absolute atomic E-state index is 12.5. The summed E-state index contributed by atoms with van der Waals surface area (Å²) < 4.78 is 6.61. The van der Waals surface area contributed by atoms with Gasteiger partial charge in [-0.05, 0) is 42.5 Å². The number of nitrogens with one attached hydrogen (secondary N) is 2. The van der Waals surface area contributed by atoms with Crippen LogP contribution in [0.5, 0.6) is 0 Å². The third-order valence-electron chi connectivity index (χ3n) is 3.78. The van der Waals surface area contributed by atoms with Gasteiger partial charge in [-0.2, -0.15) is 0 Å². The average Bonchev–Trinajstić information content (AvgIpc) is 3.15. The van der Waals surface area contributed by atoms with Gasteiger partial charge in [0.15, 0.2) is 5.76 Å². The Hall–Kier alpha value is -2.57. The zero-order chi connectivity index (χ0) is 19.4. The topological polar surface area (TPSA) is 71.3 Å². The molecule has 0 aliphatic heterocycles. The standard InChI is InChI=1S/C20H16BrClN2O3/c1-2-19(25)23-14-7-8-15(22)16(11-14)24-20(26)18-10-9-17(27-18)12-3-5-13(21)6-4-12/h3-11H,2H2,1H3,(H,23,25)(H,24,26). The predicted octanol–water partition coefficient (Wildman–Crippen LogP) is 5.96. The number of anilines is 2. The first-order chi connectivity index (χ1) is 13.0. The highest BCUT2D eigenvalue weighted by molar-refractivity contribution is 9.10. The highest BCUT2D eigenvalue weighted by Gasteiger charge is 2.14. The van der Waals surface area contributed by atoms with E-state index in [1.54, 1.807) is 37.3 Å². The Morgan fingerprint density at radius 2 is 1.78 bits per heavy atom. The van der Waals surface area contributed by atoms with Crippen molar-refractivity contribution < 1.29 is 14.0 Å². The summed E-state index contributed by atoms with van der Waals surface area (Å²) in [7, 11) is 0. The minimum Gasteiger partial charge on any atom is -0.451 e. The number of hydrogen-bond donors (Lipinski definition) is 2. The molecule has 3 rings (SSSR count). The molecule has 2 amide bonds. The molecule has 0 bridgehead atoms. The first-order valence-electron chi connectivity index (χ1n) is 8.23. The molecule has 27 heavy (non-hydrogen) atoms. The van der Waals surface area contributed by atoms with E-state index in [-0.39, 0.29) is 11.7 Å². The molecule has 7 heteroatoms. The number of rotatable bonds is 5. The minimum atomic E-state index is -0.431. The Morgan fingerprint density at radius 1 is 1.04 bits per heavy atom. The van der Waals surface area contributed by atoms with Gasteiger partial charge in [0, 0.05) is 22.1 Å². The zero-order valence-corrected chi connectivity index (χ0v) is 16.7. The third-order valence-corrected chi connectivity index (χ3v) is 4.64. The van der Waals surface area contributed by atoms with E-state index in [0.29, 0.717) is 28.6 Å². The summed E-state index contributed by atoms with van der Waals surface area (Å²) in [5.74, 6) is 0.189. The number of halogens is 2. The zero-order valence-electron chi connectivity index (χ0n) is 14.4. The van der Waals surface area contributed by atoms with Gasteiger partial charge in [-0.3, -0.25) is 9.59 Å². The number of carbonyl (C=O) groups is 2. The molecule has 0 fully saturated rings.